The van der Waals surface area contributed by atoms with Gasteiger partial charge in [0.2, 0.25) is 10.0 Å². The second kappa shape index (κ2) is 8.39. The molecule has 1 unspecified atom stereocenters. The van der Waals surface area contributed by atoms with Crippen LogP contribution in [-0.4, -0.2) is 28.2 Å². The highest BCUT2D eigenvalue weighted by Crippen LogP contribution is 2.20. The third-order valence-corrected chi connectivity index (χ3v) is 4.81. The van der Waals surface area contributed by atoms with Crippen LogP contribution in [0.15, 0.2) is 29.2 Å². The smallest absolute Gasteiger partial charge is 0.240 e. The number of hydrogen-bond donors (Lipinski definition) is 1. The zero-order valence-corrected chi connectivity index (χ0v) is 13.4. The monoisotopic (exact) mass is 299 g/mol. The van der Waals surface area contributed by atoms with Crippen LogP contribution in [0.2, 0.25) is 0 Å². The van der Waals surface area contributed by atoms with Crippen molar-refractivity contribution in [3.8, 4) is 0 Å². The first-order valence-corrected chi connectivity index (χ1v) is 8.67. The second-order valence-electron chi connectivity index (χ2n) is 4.83. The summed E-state index contributed by atoms with van der Waals surface area (Å²) in [5.74, 6) is 0.450. The molecule has 0 fully saturated rings. The molecule has 0 radical (unpaired) electrons. The predicted octanol–water partition coefficient (Wildman–Crippen LogP) is 2.91. The average molecular weight is 299 g/mol. The van der Waals surface area contributed by atoms with Crippen LogP contribution in [-0.2, 0) is 14.8 Å². The molecule has 1 aromatic carbocycles. The van der Waals surface area contributed by atoms with Crippen LogP contribution in [0.4, 0.5) is 0 Å². The molecule has 0 heterocycles. The fourth-order valence-corrected chi connectivity index (χ4v) is 2.89. The van der Waals surface area contributed by atoms with Gasteiger partial charge in [0.25, 0.3) is 0 Å². The topological polar surface area (TPSA) is 55.4 Å². The van der Waals surface area contributed by atoms with Crippen LogP contribution in [0.1, 0.15) is 45.1 Å². The van der Waals surface area contributed by atoms with Crippen molar-refractivity contribution in [3.05, 3.63) is 29.8 Å². The molecule has 4 nitrogen and oxygen atoms in total. The van der Waals surface area contributed by atoms with Crippen LogP contribution in [0.5, 0.6) is 0 Å². The van der Waals surface area contributed by atoms with Crippen LogP contribution in [0.25, 0.3) is 0 Å². The standard InChI is InChI=1S/C15H25NO3S/c1-4-13(3)14-7-9-15(10-8-14)20(17,18)16-11-6-12-19-5-2/h7-10,13,16H,4-6,11-12H2,1-3H3. The Morgan fingerprint density at radius 1 is 1.20 bits per heavy atom. The molecule has 1 N–H and O–H groups in total. The van der Waals surface area contributed by atoms with E-state index in [4.69, 9.17) is 4.74 Å². The molecule has 0 spiro atoms. The highest BCUT2D eigenvalue weighted by Gasteiger charge is 2.13. The number of benzene rings is 1. The van der Waals surface area contributed by atoms with Gasteiger partial charge >= 0.3 is 0 Å². The van der Waals surface area contributed by atoms with Gasteiger partial charge in [-0.25, -0.2) is 13.1 Å². The van der Waals surface area contributed by atoms with E-state index in [-0.39, 0.29) is 0 Å². The molecule has 114 valence electrons. The lowest BCUT2D eigenvalue weighted by Crippen LogP contribution is -2.25. The van der Waals surface area contributed by atoms with Gasteiger partial charge in [-0.15, -0.1) is 0 Å². The number of hydrogen-bond acceptors (Lipinski definition) is 3. The summed E-state index contributed by atoms with van der Waals surface area (Å²) in [5, 5.41) is 0. The van der Waals surface area contributed by atoms with Crippen molar-refractivity contribution in [3.63, 3.8) is 0 Å². The van der Waals surface area contributed by atoms with Gasteiger partial charge in [0.15, 0.2) is 0 Å². The molecule has 0 aliphatic heterocycles. The Balaban J connectivity index is 2.59. The summed E-state index contributed by atoms with van der Waals surface area (Å²) in [7, 11) is -3.40. The average Bonchev–Trinajstić information content (AvgIpc) is 2.46. The van der Waals surface area contributed by atoms with Gasteiger partial charge in [0.1, 0.15) is 0 Å². The summed E-state index contributed by atoms with van der Waals surface area (Å²) >= 11 is 0. The zero-order valence-electron chi connectivity index (χ0n) is 12.6. The normalized spacial score (nSPS) is 13.3. The Kier molecular flexibility index (Phi) is 7.19. The first-order chi connectivity index (χ1) is 9.51. The largest absolute Gasteiger partial charge is 0.382 e. The van der Waals surface area contributed by atoms with Gasteiger partial charge in [-0.1, -0.05) is 26.0 Å². The van der Waals surface area contributed by atoms with Crippen LogP contribution in [0.3, 0.4) is 0 Å². The lowest BCUT2D eigenvalue weighted by Gasteiger charge is -2.11. The highest BCUT2D eigenvalue weighted by molar-refractivity contribution is 7.89. The maximum atomic E-state index is 12.1. The van der Waals surface area contributed by atoms with E-state index in [1.54, 1.807) is 12.1 Å². The quantitative estimate of drug-likeness (QED) is 0.713. The van der Waals surface area contributed by atoms with Crippen LogP contribution < -0.4 is 4.72 Å². The molecular weight excluding hydrogens is 274 g/mol. The third-order valence-electron chi connectivity index (χ3n) is 3.33. The Morgan fingerprint density at radius 3 is 2.40 bits per heavy atom. The summed E-state index contributed by atoms with van der Waals surface area (Å²) in [4.78, 5) is 0.320. The van der Waals surface area contributed by atoms with Crippen molar-refractivity contribution in [2.75, 3.05) is 19.8 Å². The molecule has 0 saturated carbocycles. The molecule has 0 saturated heterocycles. The van der Waals surface area contributed by atoms with Gasteiger partial charge < -0.3 is 4.74 Å². The van der Waals surface area contributed by atoms with Crippen LogP contribution >= 0.6 is 0 Å². The van der Waals surface area contributed by atoms with E-state index in [0.29, 0.717) is 37.0 Å². The molecule has 0 aromatic heterocycles. The summed E-state index contributed by atoms with van der Waals surface area (Å²) in [5.41, 5.74) is 1.17. The van der Waals surface area contributed by atoms with Crippen molar-refractivity contribution in [2.45, 2.75) is 44.4 Å². The van der Waals surface area contributed by atoms with E-state index in [2.05, 4.69) is 18.6 Å². The molecule has 0 amide bonds. The summed E-state index contributed by atoms with van der Waals surface area (Å²) in [6, 6.07) is 7.13. The van der Waals surface area contributed by atoms with Crippen LogP contribution in [0, 0.1) is 0 Å². The maximum Gasteiger partial charge on any atom is 0.240 e. The van der Waals surface area contributed by atoms with E-state index < -0.39 is 10.0 Å². The first-order valence-electron chi connectivity index (χ1n) is 7.18. The molecule has 0 aliphatic carbocycles. The molecule has 1 rings (SSSR count). The summed E-state index contributed by atoms with van der Waals surface area (Å²) in [6.45, 7) is 7.80. The maximum absolute atomic E-state index is 12.1. The predicted molar refractivity (Wildman–Crippen MR) is 81.4 cm³/mol. The minimum Gasteiger partial charge on any atom is -0.382 e. The lowest BCUT2D eigenvalue weighted by molar-refractivity contribution is 0.146. The Morgan fingerprint density at radius 2 is 1.85 bits per heavy atom. The fraction of sp³-hybridized carbons (Fsp3) is 0.600. The van der Waals surface area contributed by atoms with Gasteiger partial charge in [-0.2, -0.15) is 0 Å². The molecular formula is C15H25NO3S. The van der Waals surface area contributed by atoms with E-state index in [1.165, 1.54) is 5.56 Å². The van der Waals surface area contributed by atoms with Crippen molar-refractivity contribution >= 4 is 10.0 Å². The number of rotatable bonds is 9. The minimum atomic E-state index is -3.40. The molecule has 0 bridgehead atoms. The molecule has 1 atom stereocenters. The second-order valence-corrected chi connectivity index (χ2v) is 6.59. The SMILES string of the molecule is CCOCCCNS(=O)(=O)c1ccc(C(C)CC)cc1. The molecule has 0 aliphatic rings. The van der Waals surface area contributed by atoms with Crippen molar-refractivity contribution in [1.29, 1.82) is 0 Å². The zero-order chi connectivity index (χ0) is 15.0. The van der Waals surface area contributed by atoms with Crippen molar-refractivity contribution in [1.82, 2.24) is 4.72 Å². The van der Waals surface area contributed by atoms with Crippen molar-refractivity contribution < 1.29 is 13.2 Å². The Hall–Kier alpha value is -0.910. The number of sulfonamides is 1. The summed E-state index contributed by atoms with van der Waals surface area (Å²) < 4.78 is 31.9. The van der Waals surface area contributed by atoms with Gasteiger partial charge in [0.05, 0.1) is 4.90 Å². The lowest BCUT2D eigenvalue weighted by atomic mass is 9.99. The Bertz CT molecular complexity index is 482. The summed E-state index contributed by atoms with van der Waals surface area (Å²) in [6.07, 6.45) is 1.72. The van der Waals surface area contributed by atoms with E-state index in [9.17, 15) is 8.42 Å². The molecule has 1 aromatic rings. The van der Waals surface area contributed by atoms with E-state index >= 15 is 0 Å². The van der Waals surface area contributed by atoms with Gasteiger partial charge in [-0.05, 0) is 43.4 Å². The van der Waals surface area contributed by atoms with E-state index in [1.807, 2.05) is 19.1 Å². The number of ether oxygens (including phenoxy) is 1. The van der Waals surface area contributed by atoms with Gasteiger partial charge in [0, 0.05) is 19.8 Å². The fourth-order valence-electron chi connectivity index (χ4n) is 1.82. The number of nitrogens with one attached hydrogen (secondary N) is 1. The molecule has 5 heteroatoms. The first kappa shape index (κ1) is 17.1. The highest BCUT2D eigenvalue weighted by atomic mass is 32.2. The van der Waals surface area contributed by atoms with Gasteiger partial charge in [-0.3, -0.25) is 0 Å². The third kappa shape index (κ3) is 5.23. The molecule has 20 heavy (non-hydrogen) atoms. The van der Waals surface area contributed by atoms with Crippen molar-refractivity contribution in [2.24, 2.45) is 0 Å². The minimum absolute atomic E-state index is 0.320. The van der Waals surface area contributed by atoms with E-state index in [0.717, 1.165) is 6.42 Å². The Labute approximate surface area is 122 Å².